The van der Waals surface area contributed by atoms with E-state index in [1.165, 1.54) is 0 Å². The Morgan fingerprint density at radius 1 is 1.16 bits per heavy atom. The van der Waals surface area contributed by atoms with Gasteiger partial charge in [-0.05, 0) is 12.3 Å². The maximum atomic E-state index is 13.3. The lowest BCUT2D eigenvalue weighted by Gasteiger charge is -2.29. The average molecular weight is 437 g/mol. The molecule has 2 aromatic rings. The first-order valence-corrected chi connectivity index (χ1v) is 10.3. The molecule has 0 radical (unpaired) electrons. The molecule has 0 saturated carbocycles. The fourth-order valence-electron chi connectivity index (χ4n) is 3.96. The molecule has 2 aliphatic rings. The average Bonchev–Trinajstić information content (AvgIpc) is 3.31. The van der Waals surface area contributed by atoms with Crippen LogP contribution in [0.3, 0.4) is 0 Å². The molecule has 1 saturated heterocycles. The van der Waals surface area contributed by atoms with Gasteiger partial charge in [0.2, 0.25) is 23.5 Å². The lowest BCUT2D eigenvalue weighted by Crippen LogP contribution is -2.55. The predicted octanol–water partition coefficient (Wildman–Crippen LogP) is 1.25. The maximum absolute atomic E-state index is 13.3. The number of carbonyl (C=O) groups excluding carboxylic acids is 4. The molecule has 166 valence electrons. The minimum atomic E-state index is -1.01. The molecule has 1 unspecified atom stereocenters. The number of hydrogen-bond acceptors (Lipinski definition) is 8. The van der Waals surface area contributed by atoms with Crippen LogP contribution < -0.4 is 5.32 Å². The molecule has 4 amide bonds. The van der Waals surface area contributed by atoms with Gasteiger partial charge in [-0.25, -0.2) is 0 Å². The molecule has 1 aromatic carbocycles. The van der Waals surface area contributed by atoms with Crippen LogP contribution in [0.5, 0.6) is 0 Å². The van der Waals surface area contributed by atoms with Gasteiger partial charge in [-0.1, -0.05) is 49.3 Å². The number of aromatic nitrogens is 2. The number of rotatable bonds is 6. The fraction of sp³-hybridized carbons (Fsp3) is 0.364. The number of piperidine rings is 1. The summed E-state index contributed by atoms with van der Waals surface area (Å²) in [6.07, 6.45) is 0.175. The molecule has 10 nitrogen and oxygen atoms in total. The van der Waals surface area contributed by atoms with Crippen molar-refractivity contribution in [2.45, 2.75) is 39.3 Å². The van der Waals surface area contributed by atoms with Gasteiger partial charge in [-0.2, -0.15) is 4.98 Å². The first kappa shape index (κ1) is 21.4. The quantitative estimate of drug-likeness (QED) is 0.670. The van der Waals surface area contributed by atoms with Crippen LogP contribution in [0.2, 0.25) is 0 Å². The second-order valence-corrected chi connectivity index (χ2v) is 8.10. The number of likely N-dealkylation sites (N-methyl/N-ethyl adjacent to an activating group) is 1. The fourth-order valence-corrected chi connectivity index (χ4v) is 3.96. The zero-order valence-corrected chi connectivity index (χ0v) is 18.0. The van der Waals surface area contributed by atoms with E-state index in [0.29, 0.717) is 11.4 Å². The second kappa shape index (κ2) is 8.37. The van der Waals surface area contributed by atoms with Crippen LogP contribution >= 0.6 is 0 Å². The predicted molar refractivity (Wildman–Crippen MR) is 111 cm³/mol. The maximum Gasteiger partial charge on any atom is 0.278 e. The summed E-state index contributed by atoms with van der Waals surface area (Å²) in [6.45, 7) is 3.72. The van der Waals surface area contributed by atoms with Gasteiger partial charge in [-0.3, -0.25) is 29.4 Å². The van der Waals surface area contributed by atoms with Gasteiger partial charge in [-0.15, -0.1) is 0 Å². The van der Waals surface area contributed by atoms with Crippen molar-refractivity contribution in [1.29, 1.82) is 0 Å². The van der Waals surface area contributed by atoms with Gasteiger partial charge >= 0.3 is 0 Å². The molecule has 1 N–H and O–H groups in total. The molecule has 1 fully saturated rings. The van der Waals surface area contributed by atoms with Crippen molar-refractivity contribution in [1.82, 2.24) is 25.3 Å². The van der Waals surface area contributed by atoms with Gasteiger partial charge in [0.1, 0.15) is 11.7 Å². The summed E-state index contributed by atoms with van der Waals surface area (Å²) in [4.78, 5) is 57.2. The summed E-state index contributed by atoms with van der Waals surface area (Å²) in [5.74, 6) is -1.70. The van der Waals surface area contributed by atoms with E-state index in [9.17, 15) is 19.2 Å². The van der Waals surface area contributed by atoms with Gasteiger partial charge in [0.25, 0.3) is 11.8 Å². The summed E-state index contributed by atoms with van der Waals surface area (Å²) >= 11 is 0. The number of nitrogens with zero attached hydrogens (tertiary/aromatic N) is 4. The third-order valence-corrected chi connectivity index (χ3v) is 5.48. The van der Waals surface area contributed by atoms with Crippen molar-refractivity contribution in [3.8, 4) is 11.4 Å². The summed E-state index contributed by atoms with van der Waals surface area (Å²) in [5.41, 5.74) is 1.29. The molecule has 0 spiro atoms. The van der Waals surface area contributed by atoms with Crippen LogP contribution in [0, 0.1) is 5.92 Å². The third-order valence-electron chi connectivity index (χ3n) is 5.48. The molecule has 0 bridgehead atoms. The molecular formula is C22H23N5O5. The van der Waals surface area contributed by atoms with Crippen molar-refractivity contribution in [3.63, 3.8) is 0 Å². The molecule has 10 heteroatoms. The Bertz CT molecular complexity index is 1120. The highest BCUT2D eigenvalue weighted by Gasteiger charge is 2.47. The van der Waals surface area contributed by atoms with Gasteiger partial charge in [0, 0.05) is 24.6 Å². The first-order valence-electron chi connectivity index (χ1n) is 10.3. The zero-order chi connectivity index (χ0) is 23.0. The molecule has 2 aliphatic heterocycles. The van der Waals surface area contributed by atoms with E-state index in [1.807, 2.05) is 44.2 Å². The van der Waals surface area contributed by atoms with Crippen LogP contribution in [0.15, 0.2) is 46.1 Å². The van der Waals surface area contributed by atoms with E-state index in [4.69, 9.17) is 4.52 Å². The summed E-state index contributed by atoms with van der Waals surface area (Å²) in [5, 5.41) is 6.19. The zero-order valence-electron chi connectivity index (χ0n) is 18.0. The van der Waals surface area contributed by atoms with E-state index in [-0.39, 0.29) is 36.9 Å². The smallest absolute Gasteiger partial charge is 0.278 e. The number of hydrogen-bond donors (Lipinski definition) is 1. The van der Waals surface area contributed by atoms with Crippen molar-refractivity contribution < 1.29 is 23.7 Å². The Morgan fingerprint density at radius 2 is 1.88 bits per heavy atom. The van der Waals surface area contributed by atoms with E-state index >= 15 is 0 Å². The van der Waals surface area contributed by atoms with Gasteiger partial charge in [0.15, 0.2) is 0 Å². The lowest BCUT2D eigenvalue weighted by atomic mass is 10.0. The van der Waals surface area contributed by atoms with Gasteiger partial charge in [0.05, 0.1) is 6.54 Å². The number of nitrogens with one attached hydrogen (secondary N) is 1. The molecule has 32 heavy (non-hydrogen) atoms. The largest absolute Gasteiger partial charge is 0.360 e. The number of benzene rings is 1. The minimum Gasteiger partial charge on any atom is -0.360 e. The Morgan fingerprint density at radius 3 is 2.53 bits per heavy atom. The second-order valence-electron chi connectivity index (χ2n) is 8.10. The summed E-state index contributed by atoms with van der Waals surface area (Å²) < 4.78 is 5.34. The van der Waals surface area contributed by atoms with Crippen molar-refractivity contribution >= 4 is 23.6 Å². The third kappa shape index (κ3) is 3.79. The Balaban J connectivity index is 1.59. The Hall–Kier alpha value is -3.82. The normalized spacial score (nSPS) is 19.2. The summed E-state index contributed by atoms with van der Waals surface area (Å²) in [6, 6.07) is 8.31. The highest BCUT2D eigenvalue weighted by atomic mass is 16.5. The standard InChI is InChI=1S/C22H23N5O5/c1-12(2)17-18(22(31)27(21(17)30)14-9-10-15(28)23-20(14)29)26(3)11-16-24-19(25-32-16)13-7-5-4-6-8-13/h4-8,12,14H,9-11H2,1-3H3,(H,23,28,29). The van der Waals surface area contributed by atoms with Gasteiger partial charge < -0.3 is 9.42 Å². The molecule has 4 rings (SSSR count). The molecule has 1 aromatic heterocycles. The van der Waals surface area contributed by atoms with E-state index in [2.05, 4.69) is 15.5 Å². The monoisotopic (exact) mass is 437 g/mol. The molecular weight excluding hydrogens is 414 g/mol. The number of imide groups is 2. The minimum absolute atomic E-state index is 0.0693. The van der Waals surface area contributed by atoms with Crippen molar-refractivity contribution in [3.05, 3.63) is 47.5 Å². The topological polar surface area (TPSA) is 126 Å². The highest BCUT2D eigenvalue weighted by molar-refractivity contribution is 6.21. The highest BCUT2D eigenvalue weighted by Crippen LogP contribution is 2.32. The SMILES string of the molecule is CC(C)C1=C(N(C)Cc2nc(-c3ccccc3)no2)C(=O)N(C2CCC(=O)NC2=O)C1=O. The van der Waals surface area contributed by atoms with Crippen molar-refractivity contribution in [2.75, 3.05) is 7.05 Å². The Labute approximate surface area is 184 Å². The van der Waals surface area contributed by atoms with Crippen LogP contribution in [0.25, 0.3) is 11.4 Å². The molecule has 0 aliphatic carbocycles. The molecule has 3 heterocycles. The summed E-state index contributed by atoms with van der Waals surface area (Å²) in [7, 11) is 1.66. The lowest BCUT2D eigenvalue weighted by molar-refractivity contribution is -0.150. The molecule has 1 atom stereocenters. The number of amides is 4. The van der Waals surface area contributed by atoms with Crippen LogP contribution in [-0.2, 0) is 25.7 Å². The van der Waals surface area contributed by atoms with Crippen LogP contribution in [-0.4, -0.2) is 56.7 Å². The van der Waals surface area contributed by atoms with E-state index in [0.717, 1.165) is 10.5 Å². The Kier molecular flexibility index (Phi) is 5.60. The van der Waals surface area contributed by atoms with Crippen LogP contribution in [0.4, 0.5) is 0 Å². The van der Waals surface area contributed by atoms with Crippen LogP contribution in [0.1, 0.15) is 32.6 Å². The van der Waals surface area contributed by atoms with Crippen molar-refractivity contribution in [2.24, 2.45) is 5.92 Å². The first-order chi connectivity index (χ1) is 15.3. The van der Waals surface area contributed by atoms with E-state index in [1.54, 1.807) is 11.9 Å². The number of carbonyl (C=O) groups is 4. The van der Waals surface area contributed by atoms with E-state index < -0.39 is 29.7 Å².